The molecule has 0 saturated carbocycles. The van der Waals surface area contributed by atoms with Crippen LogP contribution in [0.25, 0.3) is 11.0 Å². The number of imidazole rings is 1. The van der Waals surface area contributed by atoms with Gasteiger partial charge in [-0.25, -0.2) is 4.79 Å². The van der Waals surface area contributed by atoms with Crippen molar-refractivity contribution in [2.24, 2.45) is 0 Å². The lowest BCUT2D eigenvalue weighted by Gasteiger charge is -2.09. The van der Waals surface area contributed by atoms with Gasteiger partial charge in [-0.2, -0.15) is 4.98 Å². The lowest BCUT2D eigenvalue weighted by molar-refractivity contribution is 0.102. The SMILES string of the molecule is Cc1noc(CSc2ccccc2C(=O)Nc2ccc3[nH]c(=O)[nH]c3c2)n1. The number of carbonyl (C=O) groups excluding carboxylic acids is 1. The highest BCUT2D eigenvalue weighted by molar-refractivity contribution is 7.98. The minimum atomic E-state index is -0.286. The van der Waals surface area contributed by atoms with Gasteiger partial charge < -0.3 is 19.8 Å². The maximum atomic E-state index is 12.7. The van der Waals surface area contributed by atoms with Crippen molar-refractivity contribution in [3.8, 4) is 0 Å². The summed E-state index contributed by atoms with van der Waals surface area (Å²) < 4.78 is 5.11. The predicted molar refractivity (Wildman–Crippen MR) is 102 cm³/mol. The van der Waals surface area contributed by atoms with E-state index in [4.69, 9.17) is 4.52 Å². The molecule has 0 fully saturated rings. The number of thioether (sulfide) groups is 1. The molecule has 1 amide bonds. The second kappa shape index (κ2) is 7.12. The highest BCUT2D eigenvalue weighted by Crippen LogP contribution is 2.26. The number of fused-ring (bicyclic) bond motifs is 1. The molecule has 0 bridgehead atoms. The lowest BCUT2D eigenvalue weighted by atomic mass is 10.2. The third-order valence-corrected chi connectivity index (χ3v) is 4.88. The number of hydrogen-bond acceptors (Lipinski definition) is 6. The van der Waals surface area contributed by atoms with E-state index in [1.807, 2.05) is 18.2 Å². The standard InChI is InChI=1S/C18H15N5O3S/c1-10-19-16(26-23-10)9-27-15-5-3-2-4-12(15)17(24)20-11-6-7-13-14(8-11)22-18(25)21-13/h2-8H,9H2,1H3,(H,20,24)(H2,21,22,25). The quantitative estimate of drug-likeness (QED) is 0.457. The third kappa shape index (κ3) is 3.77. The van der Waals surface area contributed by atoms with Crippen LogP contribution in [0.5, 0.6) is 0 Å². The number of benzene rings is 2. The van der Waals surface area contributed by atoms with Crippen molar-refractivity contribution in [1.82, 2.24) is 20.1 Å². The molecule has 136 valence electrons. The Morgan fingerprint density at radius 3 is 2.81 bits per heavy atom. The average Bonchev–Trinajstić information content (AvgIpc) is 3.24. The number of hydrogen-bond donors (Lipinski definition) is 3. The van der Waals surface area contributed by atoms with Crippen molar-refractivity contribution in [2.75, 3.05) is 5.32 Å². The fourth-order valence-electron chi connectivity index (χ4n) is 2.63. The minimum absolute atomic E-state index is 0.239. The van der Waals surface area contributed by atoms with Crippen molar-refractivity contribution in [3.05, 3.63) is 70.2 Å². The molecular weight excluding hydrogens is 366 g/mol. The molecule has 2 aromatic heterocycles. The maximum absolute atomic E-state index is 12.7. The van der Waals surface area contributed by atoms with Gasteiger partial charge in [0.1, 0.15) is 0 Å². The molecule has 0 radical (unpaired) electrons. The van der Waals surface area contributed by atoms with Crippen LogP contribution in [-0.4, -0.2) is 26.0 Å². The summed E-state index contributed by atoms with van der Waals surface area (Å²) in [5, 5.41) is 6.63. The Kier molecular flexibility index (Phi) is 4.51. The zero-order valence-electron chi connectivity index (χ0n) is 14.3. The first kappa shape index (κ1) is 17.1. The van der Waals surface area contributed by atoms with Gasteiger partial charge in [0.15, 0.2) is 5.82 Å². The largest absolute Gasteiger partial charge is 0.338 e. The van der Waals surface area contributed by atoms with Crippen LogP contribution in [0.15, 0.2) is 56.7 Å². The normalized spacial score (nSPS) is 11.0. The van der Waals surface area contributed by atoms with E-state index in [0.29, 0.717) is 39.8 Å². The van der Waals surface area contributed by atoms with Gasteiger partial charge in [-0.1, -0.05) is 17.3 Å². The van der Waals surface area contributed by atoms with Crippen molar-refractivity contribution < 1.29 is 9.32 Å². The number of nitrogens with zero attached hydrogens (tertiary/aromatic N) is 2. The fourth-order valence-corrected chi connectivity index (χ4v) is 3.51. The van der Waals surface area contributed by atoms with Crippen LogP contribution in [0.4, 0.5) is 5.69 Å². The summed E-state index contributed by atoms with van der Waals surface area (Å²) in [7, 11) is 0. The molecule has 2 aromatic carbocycles. The van der Waals surface area contributed by atoms with Crippen LogP contribution >= 0.6 is 11.8 Å². The van der Waals surface area contributed by atoms with E-state index in [1.165, 1.54) is 11.8 Å². The fraction of sp³-hybridized carbons (Fsp3) is 0.111. The second-order valence-electron chi connectivity index (χ2n) is 5.81. The molecule has 0 aliphatic rings. The van der Waals surface area contributed by atoms with Gasteiger partial charge in [-0.3, -0.25) is 4.79 Å². The smallest absolute Gasteiger partial charge is 0.323 e. The molecule has 4 rings (SSSR count). The van der Waals surface area contributed by atoms with Gasteiger partial charge in [-0.15, -0.1) is 11.8 Å². The Morgan fingerprint density at radius 1 is 1.19 bits per heavy atom. The number of aromatic nitrogens is 4. The molecule has 2 heterocycles. The molecule has 0 aliphatic heterocycles. The number of rotatable bonds is 5. The first-order chi connectivity index (χ1) is 13.1. The molecule has 8 nitrogen and oxygen atoms in total. The molecule has 27 heavy (non-hydrogen) atoms. The molecule has 4 aromatic rings. The van der Waals surface area contributed by atoms with Crippen LogP contribution in [0.3, 0.4) is 0 Å². The number of H-pyrrole nitrogens is 2. The summed E-state index contributed by atoms with van der Waals surface area (Å²) in [6.07, 6.45) is 0. The molecule has 0 spiro atoms. The molecule has 3 N–H and O–H groups in total. The van der Waals surface area contributed by atoms with E-state index < -0.39 is 0 Å². The Morgan fingerprint density at radius 2 is 2.00 bits per heavy atom. The third-order valence-electron chi connectivity index (χ3n) is 3.83. The Balaban J connectivity index is 1.53. The van der Waals surface area contributed by atoms with E-state index in [1.54, 1.807) is 31.2 Å². The zero-order chi connectivity index (χ0) is 18.8. The van der Waals surface area contributed by atoms with Crippen LogP contribution in [0.2, 0.25) is 0 Å². The summed E-state index contributed by atoms with van der Waals surface area (Å²) in [6, 6.07) is 12.5. The number of carbonyl (C=O) groups is 1. The monoisotopic (exact) mass is 381 g/mol. The number of aromatic amines is 2. The van der Waals surface area contributed by atoms with Crippen molar-refractivity contribution in [2.45, 2.75) is 17.6 Å². The van der Waals surface area contributed by atoms with E-state index in [0.717, 1.165) is 4.90 Å². The first-order valence-corrected chi connectivity index (χ1v) is 9.11. The van der Waals surface area contributed by atoms with Crippen LogP contribution in [0.1, 0.15) is 22.1 Å². The van der Waals surface area contributed by atoms with Crippen LogP contribution in [-0.2, 0) is 5.75 Å². The molecular formula is C18H15N5O3S. The second-order valence-corrected chi connectivity index (χ2v) is 6.83. The summed E-state index contributed by atoms with van der Waals surface area (Å²) in [5.41, 5.74) is 2.17. The van der Waals surface area contributed by atoms with Crippen molar-refractivity contribution in [3.63, 3.8) is 0 Å². The minimum Gasteiger partial charge on any atom is -0.338 e. The highest BCUT2D eigenvalue weighted by atomic mass is 32.2. The van der Waals surface area contributed by atoms with E-state index in [2.05, 4.69) is 25.4 Å². The highest BCUT2D eigenvalue weighted by Gasteiger charge is 2.13. The predicted octanol–water partition coefficient (Wildman–Crippen LogP) is 3.09. The molecule has 0 atom stereocenters. The maximum Gasteiger partial charge on any atom is 0.323 e. The molecule has 9 heteroatoms. The van der Waals surface area contributed by atoms with Gasteiger partial charge in [0.25, 0.3) is 5.91 Å². The van der Waals surface area contributed by atoms with Gasteiger partial charge in [-0.05, 0) is 37.3 Å². The van der Waals surface area contributed by atoms with Gasteiger partial charge in [0.05, 0.1) is 22.3 Å². The van der Waals surface area contributed by atoms with E-state index in [-0.39, 0.29) is 11.6 Å². The lowest BCUT2D eigenvalue weighted by Crippen LogP contribution is -2.13. The number of aryl methyl sites for hydroxylation is 1. The van der Waals surface area contributed by atoms with Crippen molar-refractivity contribution >= 4 is 34.4 Å². The molecule has 0 unspecified atom stereocenters. The van der Waals surface area contributed by atoms with Gasteiger partial charge >= 0.3 is 5.69 Å². The van der Waals surface area contributed by atoms with Crippen molar-refractivity contribution in [1.29, 1.82) is 0 Å². The summed E-state index contributed by atoms with van der Waals surface area (Å²) in [4.78, 5) is 34.4. The summed E-state index contributed by atoms with van der Waals surface area (Å²) in [5.74, 6) is 1.32. The van der Waals surface area contributed by atoms with E-state index in [9.17, 15) is 9.59 Å². The van der Waals surface area contributed by atoms with Gasteiger partial charge in [0, 0.05) is 10.6 Å². The summed E-state index contributed by atoms with van der Waals surface area (Å²) >= 11 is 1.45. The van der Waals surface area contributed by atoms with Crippen LogP contribution in [0, 0.1) is 6.92 Å². The zero-order valence-corrected chi connectivity index (χ0v) is 15.1. The molecule has 0 aliphatic carbocycles. The Bertz CT molecular complexity index is 1180. The Labute approximate surface area is 157 Å². The molecule has 0 saturated heterocycles. The van der Waals surface area contributed by atoms with Crippen LogP contribution < -0.4 is 11.0 Å². The number of anilines is 1. The first-order valence-electron chi connectivity index (χ1n) is 8.13. The summed E-state index contributed by atoms with van der Waals surface area (Å²) in [6.45, 7) is 1.76. The number of nitrogens with one attached hydrogen (secondary N) is 3. The topological polar surface area (TPSA) is 117 Å². The van der Waals surface area contributed by atoms with E-state index >= 15 is 0 Å². The average molecular weight is 381 g/mol. The number of amides is 1. The van der Waals surface area contributed by atoms with Gasteiger partial charge in [0.2, 0.25) is 5.89 Å². The Hall–Kier alpha value is -3.33.